The van der Waals surface area contributed by atoms with Crippen molar-refractivity contribution in [3.05, 3.63) is 47.5 Å². The fourth-order valence-corrected chi connectivity index (χ4v) is 1.98. The van der Waals surface area contributed by atoms with E-state index in [0.29, 0.717) is 12.2 Å². The molecule has 3 rings (SSSR count). The SMILES string of the molecule is NC(=O)c1ncn2c1CN=Cc1ccccc1-2. The average molecular weight is 226 g/mol. The van der Waals surface area contributed by atoms with Crippen LogP contribution in [0, 0.1) is 0 Å². The number of para-hydroxylation sites is 1. The molecule has 1 aromatic carbocycles. The van der Waals surface area contributed by atoms with Gasteiger partial charge in [-0.05, 0) is 6.07 Å². The molecule has 5 nitrogen and oxygen atoms in total. The van der Waals surface area contributed by atoms with Gasteiger partial charge in [0.1, 0.15) is 6.33 Å². The van der Waals surface area contributed by atoms with Crippen molar-refractivity contribution in [3.8, 4) is 5.69 Å². The number of imidazole rings is 1. The smallest absolute Gasteiger partial charge is 0.269 e. The first kappa shape index (κ1) is 9.77. The monoisotopic (exact) mass is 226 g/mol. The van der Waals surface area contributed by atoms with E-state index < -0.39 is 5.91 Å². The molecule has 1 aromatic heterocycles. The van der Waals surface area contributed by atoms with Crippen molar-refractivity contribution in [1.29, 1.82) is 0 Å². The van der Waals surface area contributed by atoms with Crippen LogP contribution >= 0.6 is 0 Å². The lowest BCUT2D eigenvalue weighted by molar-refractivity contribution is 0.0995. The van der Waals surface area contributed by atoms with Gasteiger partial charge in [0.05, 0.1) is 17.9 Å². The van der Waals surface area contributed by atoms with Crippen LogP contribution in [-0.2, 0) is 6.54 Å². The molecule has 1 amide bonds. The predicted molar refractivity (Wildman–Crippen MR) is 63.4 cm³/mol. The molecule has 1 aliphatic rings. The van der Waals surface area contributed by atoms with Crippen LogP contribution in [0.3, 0.4) is 0 Å². The van der Waals surface area contributed by atoms with Crippen molar-refractivity contribution in [2.24, 2.45) is 10.7 Å². The second kappa shape index (κ2) is 3.55. The van der Waals surface area contributed by atoms with E-state index in [0.717, 1.165) is 16.9 Å². The predicted octanol–water partition coefficient (Wildman–Crippen LogP) is 0.904. The maximum Gasteiger partial charge on any atom is 0.269 e. The van der Waals surface area contributed by atoms with Crippen LogP contribution in [0.15, 0.2) is 35.6 Å². The topological polar surface area (TPSA) is 73.3 Å². The van der Waals surface area contributed by atoms with Crippen LogP contribution in [0.25, 0.3) is 5.69 Å². The second-order valence-corrected chi connectivity index (χ2v) is 3.80. The van der Waals surface area contributed by atoms with Crippen molar-refractivity contribution < 1.29 is 4.79 Å². The zero-order valence-corrected chi connectivity index (χ0v) is 9.00. The molecule has 5 heteroatoms. The molecule has 0 saturated heterocycles. The molecular weight excluding hydrogens is 216 g/mol. The number of benzene rings is 1. The minimum atomic E-state index is -0.520. The highest BCUT2D eigenvalue weighted by atomic mass is 16.1. The first-order valence-corrected chi connectivity index (χ1v) is 5.22. The highest BCUT2D eigenvalue weighted by Crippen LogP contribution is 2.21. The summed E-state index contributed by atoms with van der Waals surface area (Å²) >= 11 is 0. The van der Waals surface area contributed by atoms with E-state index in [-0.39, 0.29) is 0 Å². The molecule has 0 spiro atoms. The quantitative estimate of drug-likeness (QED) is 0.784. The van der Waals surface area contributed by atoms with Gasteiger partial charge >= 0.3 is 0 Å². The highest BCUT2D eigenvalue weighted by Gasteiger charge is 2.18. The maximum absolute atomic E-state index is 11.3. The average Bonchev–Trinajstić information content (AvgIpc) is 2.66. The second-order valence-electron chi connectivity index (χ2n) is 3.80. The Labute approximate surface area is 97.6 Å². The third kappa shape index (κ3) is 1.44. The minimum Gasteiger partial charge on any atom is -0.364 e. The van der Waals surface area contributed by atoms with Crippen molar-refractivity contribution in [2.75, 3.05) is 0 Å². The van der Waals surface area contributed by atoms with Gasteiger partial charge in [0.15, 0.2) is 5.69 Å². The molecule has 0 unspecified atom stereocenters. The van der Waals surface area contributed by atoms with Crippen LogP contribution in [0.5, 0.6) is 0 Å². The molecule has 84 valence electrons. The molecule has 2 heterocycles. The summed E-state index contributed by atoms with van der Waals surface area (Å²) in [6.45, 7) is 0.410. The first-order valence-electron chi connectivity index (χ1n) is 5.22. The Morgan fingerprint density at radius 1 is 1.35 bits per heavy atom. The molecule has 0 fully saturated rings. The number of carbonyl (C=O) groups excluding carboxylic acids is 1. The number of amides is 1. The third-order valence-electron chi connectivity index (χ3n) is 2.77. The molecule has 0 saturated carbocycles. The van der Waals surface area contributed by atoms with Crippen LogP contribution in [0.1, 0.15) is 21.7 Å². The normalized spacial score (nSPS) is 12.7. The molecule has 17 heavy (non-hydrogen) atoms. The number of rotatable bonds is 1. The molecule has 0 atom stereocenters. The Balaban J connectivity index is 2.28. The standard InChI is InChI=1S/C12H10N4O/c13-12(17)11-10-6-14-5-8-3-1-2-4-9(8)16(10)7-15-11/h1-5,7H,6H2,(H2,13,17). The van der Waals surface area contributed by atoms with E-state index in [1.165, 1.54) is 0 Å². The summed E-state index contributed by atoms with van der Waals surface area (Å²) in [5.74, 6) is -0.520. The van der Waals surface area contributed by atoms with Crippen LogP contribution in [0.2, 0.25) is 0 Å². The molecule has 2 N–H and O–H groups in total. The van der Waals surface area contributed by atoms with Crippen LogP contribution in [-0.4, -0.2) is 21.7 Å². The van der Waals surface area contributed by atoms with Gasteiger partial charge < -0.3 is 5.73 Å². The summed E-state index contributed by atoms with van der Waals surface area (Å²) in [5, 5.41) is 0. The fraction of sp³-hybridized carbons (Fsp3) is 0.0833. The number of fused-ring (bicyclic) bond motifs is 3. The van der Waals surface area contributed by atoms with Gasteiger partial charge in [0.2, 0.25) is 0 Å². The molecule has 0 bridgehead atoms. The summed E-state index contributed by atoms with van der Waals surface area (Å²) in [4.78, 5) is 19.6. The van der Waals surface area contributed by atoms with Crippen molar-refractivity contribution in [1.82, 2.24) is 9.55 Å². The largest absolute Gasteiger partial charge is 0.364 e. The summed E-state index contributed by atoms with van der Waals surface area (Å²) in [5.41, 5.74) is 8.27. The van der Waals surface area contributed by atoms with E-state index >= 15 is 0 Å². The Bertz CT molecular complexity index is 627. The number of hydrogen-bond donors (Lipinski definition) is 1. The Kier molecular flexibility index (Phi) is 2.04. The highest BCUT2D eigenvalue weighted by molar-refractivity contribution is 5.93. The molecule has 1 aliphatic heterocycles. The lowest BCUT2D eigenvalue weighted by Gasteiger charge is -2.07. The van der Waals surface area contributed by atoms with Gasteiger partial charge in [-0.3, -0.25) is 14.4 Å². The number of nitrogens with two attached hydrogens (primary N) is 1. The van der Waals surface area contributed by atoms with Gasteiger partial charge in [-0.2, -0.15) is 0 Å². The molecular formula is C12H10N4O. The summed E-state index contributed by atoms with van der Waals surface area (Å²) in [6.07, 6.45) is 3.41. The lowest BCUT2D eigenvalue weighted by atomic mass is 10.2. The number of hydrogen-bond acceptors (Lipinski definition) is 3. The van der Waals surface area contributed by atoms with Crippen LogP contribution < -0.4 is 5.73 Å². The fourth-order valence-electron chi connectivity index (χ4n) is 1.98. The lowest BCUT2D eigenvalue weighted by Crippen LogP contribution is -2.14. The Hall–Kier alpha value is -2.43. The van der Waals surface area contributed by atoms with E-state index in [2.05, 4.69) is 9.98 Å². The number of carbonyl (C=O) groups is 1. The number of primary amides is 1. The molecule has 0 radical (unpaired) electrons. The van der Waals surface area contributed by atoms with E-state index in [1.807, 2.05) is 28.8 Å². The molecule has 0 aliphatic carbocycles. The third-order valence-corrected chi connectivity index (χ3v) is 2.77. The number of aliphatic imine (C=N–C) groups is 1. The van der Waals surface area contributed by atoms with Gasteiger partial charge in [-0.15, -0.1) is 0 Å². The molecule has 2 aromatic rings. The minimum absolute atomic E-state index is 0.291. The maximum atomic E-state index is 11.3. The van der Waals surface area contributed by atoms with Gasteiger partial charge in [0.25, 0.3) is 5.91 Å². The number of aromatic nitrogens is 2. The zero-order valence-electron chi connectivity index (χ0n) is 9.00. The Morgan fingerprint density at radius 2 is 2.18 bits per heavy atom. The van der Waals surface area contributed by atoms with E-state index in [1.54, 1.807) is 12.5 Å². The summed E-state index contributed by atoms with van der Waals surface area (Å²) in [6, 6.07) is 7.81. The Morgan fingerprint density at radius 3 is 3.00 bits per heavy atom. The van der Waals surface area contributed by atoms with Gasteiger partial charge in [-0.25, -0.2) is 4.98 Å². The summed E-state index contributed by atoms with van der Waals surface area (Å²) < 4.78 is 1.86. The zero-order chi connectivity index (χ0) is 11.8. The van der Waals surface area contributed by atoms with Crippen molar-refractivity contribution in [2.45, 2.75) is 6.54 Å². The van der Waals surface area contributed by atoms with E-state index in [4.69, 9.17) is 5.73 Å². The number of nitrogens with zero attached hydrogens (tertiary/aromatic N) is 3. The van der Waals surface area contributed by atoms with E-state index in [9.17, 15) is 4.79 Å². The van der Waals surface area contributed by atoms with Crippen molar-refractivity contribution >= 4 is 12.1 Å². The van der Waals surface area contributed by atoms with Crippen molar-refractivity contribution in [3.63, 3.8) is 0 Å². The van der Waals surface area contributed by atoms with Gasteiger partial charge in [0, 0.05) is 11.8 Å². The summed E-state index contributed by atoms with van der Waals surface area (Å²) in [7, 11) is 0. The van der Waals surface area contributed by atoms with Crippen LogP contribution in [0.4, 0.5) is 0 Å². The van der Waals surface area contributed by atoms with Gasteiger partial charge in [-0.1, -0.05) is 18.2 Å². The first-order chi connectivity index (χ1) is 8.27.